The smallest absolute Gasteiger partial charge is 0.225 e. The molecule has 1 aromatic heterocycles. The molecule has 6 nitrogen and oxygen atoms in total. The molecule has 0 N–H and O–H groups in total. The van der Waals surface area contributed by atoms with E-state index in [4.69, 9.17) is 9.47 Å². The highest BCUT2D eigenvalue weighted by Crippen LogP contribution is 2.37. The Morgan fingerprint density at radius 1 is 1.26 bits per heavy atom. The van der Waals surface area contributed by atoms with Crippen LogP contribution in [0.3, 0.4) is 0 Å². The van der Waals surface area contributed by atoms with Crippen molar-refractivity contribution in [3.8, 4) is 5.75 Å². The molecule has 0 radical (unpaired) electrons. The van der Waals surface area contributed by atoms with E-state index >= 15 is 0 Å². The van der Waals surface area contributed by atoms with E-state index in [2.05, 4.69) is 38.9 Å². The van der Waals surface area contributed by atoms with Crippen LogP contribution >= 0.6 is 0 Å². The van der Waals surface area contributed by atoms with Gasteiger partial charge in [0.2, 0.25) is 5.95 Å². The zero-order chi connectivity index (χ0) is 18.7. The summed E-state index contributed by atoms with van der Waals surface area (Å²) in [6.07, 6.45) is 6.92. The molecule has 2 aromatic rings. The maximum absolute atomic E-state index is 6.38. The first-order valence-corrected chi connectivity index (χ1v) is 9.67. The minimum atomic E-state index is -0.0432. The molecule has 0 amide bonds. The third-order valence-electron chi connectivity index (χ3n) is 5.79. The van der Waals surface area contributed by atoms with Gasteiger partial charge in [0.15, 0.2) is 0 Å². The number of piperidine rings is 1. The highest BCUT2D eigenvalue weighted by molar-refractivity contribution is 5.30. The Morgan fingerprint density at radius 3 is 2.78 bits per heavy atom. The molecule has 2 aliphatic rings. The predicted octanol–water partition coefficient (Wildman–Crippen LogP) is 2.75. The molecule has 0 bridgehead atoms. The molecule has 2 fully saturated rings. The lowest BCUT2D eigenvalue weighted by Crippen LogP contribution is -2.48. The summed E-state index contributed by atoms with van der Waals surface area (Å²) in [4.78, 5) is 13.4. The van der Waals surface area contributed by atoms with E-state index in [0.29, 0.717) is 6.04 Å². The number of benzene rings is 1. The van der Waals surface area contributed by atoms with Crippen LogP contribution in [0.1, 0.15) is 24.8 Å². The molecule has 0 aliphatic carbocycles. The quantitative estimate of drug-likeness (QED) is 0.809. The summed E-state index contributed by atoms with van der Waals surface area (Å²) in [6, 6.07) is 10.5. The molecule has 2 aliphatic heterocycles. The molecule has 144 valence electrons. The molecule has 0 unspecified atom stereocenters. The number of methoxy groups -OCH3 is 1. The van der Waals surface area contributed by atoms with Gasteiger partial charge in [-0.25, -0.2) is 9.97 Å². The van der Waals surface area contributed by atoms with Gasteiger partial charge in [0.05, 0.1) is 25.4 Å². The molecule has 6 heteroatoms. The van der Waals surface area contributed by atoms with Crippen molar-refractivity contribution in [2.45, 2.75) is 37.5 Å². The van der Waals surface area contributed by atoms with Crippen molar-refractivity contribution in [3.63, 3.8) is 0 Å². The number of hydrogen-bond donors (Lipinski definition) is 0. The lowest BCUT2D eigenvalue weighted by molar-refractivity contribution is -0.0533. The Morgan fingerprint density at radius 2 is 2.04 bits per heavy atom. The van der Waals surface area contributed by atoms with Gasteiger partial charge in [0.1, 0.15) is 5.75 Å². The Labute approximate surface area is 161 Å². The van der Waals surface area contributed by atoms with Crippen LogP contribution in [-0.2, 0) is 11.3 Å². The van der Waals surface area contributed by atoms with Gasteiger partial charge in [-0.05, 0) is 43.1 Å². The van der Waals surface area contributed by atoms with Crippen molar-refractivity contribution in [1.82, 2.24) is 14.9 Å². The minimum Gasteiger partial charge on any atom is -0.497 e. The molecule has 1 aromatic carbocycles. The zero-order valence-corrected chi connectivity index (χ0v) is 16.2. The lowest BCUT2D eigenvalue weighted by Gasteiger charge is -2.40. The average Bonchev–Trinajstić information content (AvgIpc) is 3.12. The van der Waals surface area contributed by atoms with Crippen molar-refractivity contribution in [2.75, 3.05) is 38.8 Å². The van der Waals surface area contributed by atoms with Gasteiger partial charge in [0, 0.05) is 39.0 Å². The van der Waals surface area contributed by atoms with E-state index in [0.717, 1.165) is 50.8 Å². The summed E-state index contributed by atoms with van der Waals surface area (Å²) in [5.41, 5.74) is 1.27. The van der Waals surface area contributed by atoms with Crippen LogP contribution in [0.5, 0.6) is 5.75 Å². The fraction of sp³-hybridized carbons (Fsp3) is 0.524. The molecule has 27 heavy (non-hydrogen) atoms. The summed E-state index contributed by atoms with van der Waals surface area (Å²) in [7, 11) is 3.77. The standard InChI is InChI=1S/C21H28N4O2/c1-24(20-22-10-4-11-23-20)18-13-21(27-15-18)9-3-12-25(16-21)14-17-5-7-19(26-2)8-6-17/h4-8,10-11,18H,3,9,12-16H2,1-2H3/t18-,21-/m0/s1. The van der Waals surface area contributed by atoms with Gasteiger partial charge >= 0.3 is 0 Å². The van der Waals surface area contributed by atoms with Gasteiger partial charge in [-0.3, -0.25) is 4.90 Å². The second-order valence-corrected chi connectivity index (χ2v) is 7.67. The van der Waals surface area contributed by atoms with Crippen LogP contribution in [-0.4, -0.2) is 60.4 Å². The second-order valence-electron chi connectivity index (χ2n) is 7.67. The monoisotopic (exact) mass is 368 g/mol. The second kappa shape index (κ2) is 7.82. The molecule has 4 rings (SSSR count). The lowest BCUT2D eigenvalue weighted by atomic mass is 9.88. The van der Waals surface area contributed by atoms with Crippen molar-refractivity contribution in [1.29, 1.82) is 0 Å². The van der Waals surface area contributed by atoms with E-state index in [9.17, 15) is 0 Å². The summed E-state index contributed by atoms with van der Waals surface area (Å²) in [5.74, 6) is 1.68. The number of aromatic nitrogens is 2. The first-order chi connectivity index (χ1) is 13.2. The van der Waals surface area contributed by atoms with Crippen molar-refractivity contribution in [2.24, 2.45) is 0 Å². The first-order valence-electron chi connectivity index (χ1n) is 9.67. The molecule has 1 spiro atoms. The van der Waals surface area contributed by atoms with Crippen LogP contribution in [0.4, 0.5) is 5.95 Å². The van der Waals surface area contributed by atoms with Crippen LogP contribution in [0, 0.1) is 0 Å². The van der Waals surface area contributed by atoms with E-state index in [1.54, 1.807) is 19.5 Å². The predicted molar refractivity (Wildman–Crippen MR) is 105 cm³/mol. The number of likely N-dealkylation sites (N-methyl/N-ethyl adjacent to an activating group) is 1. The molecule has 2 saturated heterocycles. The van der Waals surface area contributed by atoms with E-state index < -0.39 is 0 Å². The summed E-state index contributed by atoms with van der Waals surface area (Å²) < 4.78 is 11.6. The Hall–Kier alpha value is -2.18. The summed E-state index contributed by atoms with van der Waals surface area (Å²) in [6.45, 7) is 3.81. The van der Waals surface area contributed by atoms with Crippen LogP contribution < -0.4 is 9.64 Å². The molecule has 3 heterocycles. The summed E-state index contributed by atoms with van der Waals surface area (Å²) in [5, 5.41) is 0. The van der Waals surface area contributed by atoms with Gasteiger partial charge in [-0.15, -0.1) is 0 Å². The van der Waals surface area contributed by atoms with Crippen molar-refractivity contribution < 1.29 is 9.47 Å². The fourth-order valence-electron chi connectivity index (χ4n) is 4.30. The Kier molecular flexibility index (Phi) is 5.27. The molecular formula is C21H28N4O2. The van der Waals surface area contributed by atoms with Gasteiger partial charge in [-0.1, -0.05) is 12.1 Å². The zero-order valence-electron chi connectivity index (χ0n) is 16.2. The topological polar surface area (TPSA) is 50.7 Å². The summed E-state index contributed by atoms with van der Waals surface area (Å²) >= 11 is 0. The maximum Gasteiger partial charge on any atom is 0.225 e. The number of anilines is 1. The third kappa shape index (κ3) is 4.06. The number of hydrogen-bond acceptors (Lipinski definition) is 6. The van der Waals surface area contributed by atoms with Gasteiger partial charge in [0.25, 0.3) is 0 Å². The molecular weight excluding hydrogens is 340 g/mol. The van der Waals surface area contributed by atoms with Crippen LogP contribution in [0.2, 0.25) is 0 Å². The van der Waals surface area contributed by atoms with Crippen molar-refractivity contribution in [3.05, 3.63) is 48.3 Å². The number of ether oxygens (including phenoxy) is 2. The van der Waals surface area contributed by atoms with Crippen LogP contribution in [0.15, 0.2) is 42.7 Å². The minimum absolute atomic E-state index is 0.0432. The van der Waals surface area contributed by atoms with Gasteiger partial charge < -0.3 is 14.4 Å². The molecule has 0 saturated carbocycles. The normalized spacial score (nSPS) is 25.6. The van der Waals surface area contributed by atoms with Crippen molar-refractivity contribution >= 4 is 5.95 Å². The van der Waals surface area contributed by atoms with Gasteiger partial charge in [-0.2, -0.15) is 0 Å². The maximum atomic E-state index is 6.38. The Bertz CT molecular complexity index is 740. The van der Waals surface area contributed by atoms with E-state index in [1.807, 2.05) is 18.2 Å². The average molecular weight is 368 g/mol. The fourth-order valence-corrected chi connectivity index (χ4v) is 4.30. The van der Waals surface area contributed by atoms with Crippen LogP contribution in [0.25, 0.3) is 0 Å². The molecule has 2 atom stereocenters. The SMILES string of the molecule is COc1ccc(CN2CCC[C@]3(C[C@H](N(C)c4ncccn4)CO3)C2)cc1. The Balaban J connectivity index is 1.38. The largest absolute Gasteiger partial charge is 0.497 e. The number of likely N-dealkylation sites (tertiary alicyclic amines) is 1. The number of nitrogens with zero attached hydrogens (tertiary/aromatic N) is 4. The van der Waals surface area contributed by atoms with E-state index in [-0.39, 0.29) is 5.60 Å². The highest BCUT2D eigenvalue weighted by Gasteiger charge is 2.44. The first kappa shape index (κ1) is 18.2. The number of rotatable bonds is 5. The third-order valence-corrected chi connectivity index (χ3v) is 5.79. The highest BCUT2D eigenvalue weighted by atomic mass is 16.5. The van der Waals surface area contributed by atoms with E-state index in [1.165, 1.54) is 12.0 Å².